The first-order chi connectivity index (χ1) is 14.9. The Morgan fingerprint density at radius 1 is 0.710 bits per heavy atom. The van der Waals surface area contributed by atoms with Crippen LogP contribution in [-0.2, 0) is 24.4 Å². The van der Waals surface area contributed by atoms with Gasteiger partial charge in [0.15, 0.2) is 0 Å². The van der Waals surface area contributed by atoms with E-state index in [1.165, 1.54) is 0 Å². The van der Waals surface area contributed by atoms with Crippen LogP contribution >= 0.6 is 0 Å². The average Bonchev–Trinajstić information content (AvgIpc) is 2.78. The molecule has 0 unspecified atom stereocenters. The Labute approximate surface area is 187 Å². The van der Waals surface area contributed by atoms with E-state index in [2.05, 4.69) is 0 Å². The molecule has 3 nitrogen and oxygen atoms in total. The highest BCUT2D eigenvalue weighted by Gasteiger charge is 2.24. The third kappa shape index (κ3) is 7.93. The number of Topliss-reactive ketones (excluding diaryl/α,β-unsaturated/α-hetero) is 1. The molecule has 0 spiro atoms. The Kier molecular flexibility index (Phi) is 9.33. The topological polar surface area (TPSA) is 35.5 Å². The molecule has 0 aliphatic heterocycles. The highest BCUT2D eigenvalue weighted by molar-refractivity contribution is 5.81. The van der Waals surface area contributed by atoms with Crippen LogP contribution in [0.3, 0.4) is 0 Å². The molecule has 0 heterocycles. The second-order valence-corrected chi connectivity index (χ2v) is 7.98. The van der Waals surface area contributed by atoms with Crippen LogP contribution in [0.4, 0.5) is 0 Å². The summed E-state index contributed by atoms with van der Waals surface area (Å²) >= 11 is 0. The maximum Gasteiger partial charge on any atom is 0.135 e. The van der Waals surface area contributed by atoms with Gasteiger partial charge in [0, 0.05) is 11.5 Å². The minimum atomic E-state index is -0.436. The lowest BCUT2D eigenvalue weighted by atomic mass is 9.82. The number of carbonyl (C=O) groups is 1. The van der Waals surface area contributed by atoms with E-state index < -0.39 is 5.41 Å². The molecule has 3 rings (SSSR count). The third-order valence-corrected chi connectivity index (χ3v) is 5.04. The van der Waals surface area contributed by atoms with Gasteiger partial charge in [-0.15, -0.1) is 0 Å². The standard InChI is InChI=1S/C26H28O3.C2H6/c1-20(27)26(2,3)17-23-14-24(28-18-21-10-6-4-7-11-21)16-25(15-23)29-19-22-12-8-5-9-13-22;1-2/h4-16H,17-19H2,1-3H3;1-2H3. The molecule has 0 saturated carbocycles. The Balaban J connectivity index is 0.00000166. The van der Waals surface area contributed by atoms with Gasteiger partial charge in [-0.2, -0.15) is 0 Å². The van der Waals surface area contributed by atoms with E-state index in [1.54, 1.807) is 6.92 Å². The molecule has 3 heteroatoms. The highest BCUT2D eigenvalue weighted by atomic mass is 16.5. The number of ether oxygens (including phenoxy) is 2. The summed E-state index contributed by atoms with van der Waals surface area (Å²) in [5.41, 5.74) is 2.80. The summed E-state index contributed by atoms with van der Waals surface area (Å²) in [7, 11) is 0. The normalized spacial score (nSPS) is 10.6. The number of hydrogen-bond acceptors (Lipinski definition) is 3. The Bertz CT molecular complexity index is 869. The van der Waals surface area contributed by atoms with Crippen molar-refractivity contribution in [2.24, 2.45) is 5.41 Å². The van der Waals surface area contributed by atoms with Gasteiger partial charge in [0.1, 0.15) is 30.5 Å². The second kappa shape index (κ2) is 11.9. The van der Waals surface area contributed by atoms with Crippen LogP contribution in [-0.4, -0.2) is 5.78 Å². The van der Waals surface area contributed by atoms with Crippen LogP contribution < -0.4 is 9.47 Å². The first-order valence-electron chi connectivity index (χ1n) is 10.9. The molecular formula is C28H34O3. The fourth-order valence-corrected chi connectivity index (χ4v) is 3.02. The molecule has 0 aliphatic rings. The fourth-order valence-electron chi connectivity index (χ4n) is 3.02. The maximum atomic E-state index is 12.0. The Hall–Kier alpha value is -3.07. The van der Waals surface area contributed by atoms with Crippen LogP contribution in [0.1, 0.15) is 51.3 Å². The van der Waals surface area contributed by atoms with Gasteiger partial charge in [0.2, 0.25) is 0 Å². The number of rotatable bonds is 9. The van der Waals surface area contributed by atoms with Crippen molar-refractivity contribution < 1.29 is 14.3 Å². The zero-order chi connectivity index (χ0) is 22.7. The third-order valence-electron chi connectivity index (χ3n) is 5.04. The molecule has 3 aromatic rings. The van der Waals surface area contributed by atoms with Gasteiger partial charge in [0.05, 0.1) is 0 Å². The van der Waals surface area contributed by atoms with E-state index in [-0.39, 0.29) is 5.78 Å². The second-order valence-electron chi connectivity index (χ2n) is 7.98. The molecule has 0 N–H and O–H groups in total. The molecule has 0 aliphatic carbocycles. The van der Waals surface area contributed by atoms with Crippen molar-refractivity contribution in [2.75, 3.05) is 0 Å². The van der Waals surface area contributed by atoms with Crippen LogP contribution in [0.25, 0.3) is 0 Å². The molecular weight excluding hydrogens is 384 g/mol. The summed E-state index contributed by atoms with van der Waals surface area (Å²) in [5, 5.41) is 0. The monoisotopic (exact) mass is 418 g/mol. The van der Waals surface area contributed by atoms with E-state index in [9.17, 15) is 4.79 Å². The SMILES string of the molecule is CC.CC(=O)C(C)(C)Cc1cc(OCc2ccccc2)cc(OCc2ccccc2)c1. The Morgan fingerprint density at radius 3 is 1.52 bits per heavy atom. The number of hydrogen-bond donors (Lipinski definition) is 0. The Morgan fingerprint density at radius 2 is 1.13 bits per heavy atom. The fraction of sp³-hybridized carbons (Fsp3) is 0.321. The summed E-state index contributed by atoms with van der Waals surface area (Å²) in [6.45, 7) is 10.5. The molecule has 0 atom stereocenters. The van der Waals surface area contributed by atoms with E-state index in [0.717, 1.165) is 28.2 Å². The molecule has 3 aromatic carbocycles. The lowest BCUT2D eigenvalue weighted by Gasteiger charge is -2.22. The van der Waals surface area contributed by atoms with Gasteiger partial charge in [-0.3, -0.25) is 4.79 Å². The first-order valence-corrected chi connectivity index (χ1v) is 10.9. The molecule has 164 valence electrons. The molecule has 31 heavy (non-hydrogen) atoms. The highest BCUT2D eigenvalue weighted by Crippen LogP contribution is 2.30. The van der Waals surface area contributed by atoms with Gasteiger partial charge in [-0.05, 0) is 42.2 Å². The van der Waals surface area contributed by atoms with Crippen molar-refractivity contribution in [3.8, 4) is 11.5 Å². The van der Waals surface area contributed by atoms with Gasteiger partial charge in [-0.25, -0.2) is 0 Å². The molecule has 0 aromatic heterocycles. The molecule has 0 radical (unpaired) electrons. The van der Waals surface area contributed by atoms with E-state index in [1.807, 2.05) is 107 Å². The maximum absolute atomic E-state index is 12.0. The van der Waals surface area contributed by atoms with Crippen molar-refractivity contribution in [1.29, 1.82) is 0 Å². The van der Waals surface area contributed by atoms with Crippen molar-refractivity contribution >= 4 is 5.78 Å². The average molecular weight is 419 g/mol. The summed E-state index contributed by atoms with van der Waals surface area (Å²) in [6, 6.07) is 26.0. The van der Waals surface area contributed by atoms with Gasteiger partial charge < -0.3 is 9.47 Å². The van der Waals surface area contributed by atoms with Crippen LogP contribution in [0.15, 0.2) is 78.9 Å². The minimum absolute atomic E-state index is 0.167. The van der Waals surface area contributed by atoms with Gasteiger partial charge >= 0.3 is 0 Å². The zero-order valence-corrected chi connectivity index (χ0v) is 19.4. The molecule has 0 fully saturated rings. The van der Waals surface area contributed by atoms with Gasteiger partial charge in [0.25, 0.3) is 0 Å². The van der Waals surface area contributed by atoms with Crippen molar-refractivity contribution in [3.63, 3.8) is 0 Å². The number of ketones is 1. The molecule has 0 bridgehead atoms. The minimum Gasteiger partial charge on any atom is -0.489 e. The van der Waals surface area contributed by atoms with E-state index >= 15 is 0 Å². The first kappa shape index (κ1) is 24.2. The van der Waals surface area contributed by atoms with Crippen molar-refractivity contribution in [1.82, 2.24) is 0 Å². The lowest BCUT2D eigenvalue weighted by Crippen LogP contribution is -2.24. The lowest BCUT2D eigenvalue weighted by molar-refractivity contribution is -0.124. The number of carbonyl (C=O) groups excluding carboxylic acids is 1. The summed E-state index contributed by atoms with van der Waals surface area (Å²) < 4.78 is 12.1. The van der Waals surface area contributed by atoms with Crippen LogP contribution in [0.2, 0.25) is 0 Å². The molecule has 0 amide bonds. The largest absolute Gasteiger partial charge is 0.489 e. The number of benzene rings is 3. The summed E-state index contributed by atoms with van der Waals surface area (Å²) in [4.78, 5) is 12.0. The van der Waals surface area contributed by atoms with Crippen LogP contribution in [0.5, 0.6) is 11.5 Å². The quantitative estimate of drug-likeness (QED) is 0.374. The van der Waals surface area contributed by atoms with Crippen molar-refractivity contribution in [3.05, 3.63) is 95.6 Å². The predicted octanol–water partition coefficient (Wildman–Crippen LogP) is 7.03. The molecule has 0 saturated heterocycles. The van der Waals surface area contributed by atoms with Gasteiger partial charge in [-0.1, -0.05) is 88.4 Å². The predicted molar refractivity (Wildman–Crippen MR) is 128 cm³/mol. The van der Waals surface area contributed by atoms with E-state index in [4.69, 9.17) is 9.47 Å². The van der Waals surface area contributed by atoms with Crippen LogP contribution in [0, 0.1) is 5.41 Å². The van der Waals surface area contributed by atoms with E-state index in [0.29, 0.717) is 19.6 Å². The summed E-state index contributed by atoms with van der Waals surface area (Å²) in [6.07, 6.45) is 0.632. The smallest absolute Gasteiger partial charge is 0.135 e. The van der Waals surface area contributed by atoms with Crippen molar-refractivity contribution in [2.45, 2.75) is 54.3 Å². The zero-order valence-electron chi connectivity index (χ0n) is 19.4. The summed E-state index contributed by atoms with van der Waals surface area (Å²) in [5.74, 6) is 1.65.